The van der Waals surface area contributed by atoms with Crippen molar-refractivity contribution >= 4 is 22.1 Å². The Balaban J connectivity index is 2.17. The number of aromatic nitrogens is 2. The summed E-state index contributed by atoms with van der Waals surface area (Å²) in [5.74, 6) is -1.05. The van der Waals surface area contributed by atoms with Gasteiger partial charge in [0, 0.05) is 11.6 Å². The van der Waals surface area contributed by atoms with Crippen LogP contribution in [-0.2, 0) is 7.05 Å². The van der Waals surface area contributed by atoms with Crippen LogP contribution >= 0.6 is 0 Å². The van der Waals surface area contributed by atoms with Gasteiger partial charge in [-0.15, -0.1) is 0 Å². The summed E-state index contributed by atoms with van der Waals surface area (Å²) in [6.45, 7) is 3.84. The summed E-state index contributed by atoms with van der Waals surface area (Å²) in [7, 11) is 1.93. The highest BCUT2D eigenvalue weighted by molar-refractivity contribution is 6.09. The summed E-state index contributed by atoms with van der Waals surface area (Å²) in [6, 6.07) is 8.15. The van der Waals surface area contributed by atoms with E-state index in [2.05, 4.69) is 4.98 Å². The van der Waals surface area contributed by atoms with Crippen LogP contribution in [0.3, 0.4) is 0 Å². The topological polar surface area (TPSA) is 29.9 Å². The number of halogens is 2. The van der Waals surface area contributed by atoms with E-state index in [1.54, 1.807) is 0 Å². The first-order valence-corrected chi connectivity index (χ1v) is 7.60. The highest BCUT2D eigenvalue weighted by atomic mass is 19.1. The second-order valence-corrected chi connectivity index (χ2v) is 6.05. The molecule has 4 aromatic rings. The van der Waals surface area contributed by atoms with Gasteiger partial charge in [-0.25, -0.2) is 8.96 Å². The molecule has 0 aliphatic heterocycles. The standard InChI is InChI=1S/C19H15F2N2O/c1-10-4-6-14(23(3)9-10)16-11(2)8-13(20)17-12-5-7-15(21)22-19(12)24-18(16)17/h4-9H,1-3H3/q+1. The van der Waals surface area contributed by atoms with Crippen LogP contribution in [0.5, 0.6) is 0 Å². The van der Waals surface area contributed by atoms with Crippen LogP contribution in [0, 0.1) is 25.6 Å². The Morgan fingerprint density at radius 1 is 1.08 bits per heavy atom. The van der Waals surface area contributed by atoms with Crippen molar-refractivity contribution in [1.29, 1.82) is 0 Å². The number of hydrogen-bond donors (Lipinski definition) is 0. The first-order chi connectivity index (χ1) is 11.5. The highest BCUT2D eigenvalue weighted by Crippen LogP contribution is 2.38. The molecule has 0 radical (unpaired) electrons. The van der Waals surface area contributed by atoms with Gasteiger partial charge in [0.05, 0.1) is 16.3 Å². The van der Waals surface area contributed by atoms with Crippen molar-refractivity contribution < 1.29 is 17.8 Å². The number of aryl methyl sites for hydroxylation is 3. The Morgan fingerprint density at radius 3 is 2.62 bits per heavy atom. The van der Waals surface area contributed by atoms with Gasteiger partial charge in [0.15, 0.2) is 11.8 Å². The van der Waals surface area contributed by atoms with Gasteiger partial charge in [0.2, 0.25) is 17.4 Å². The number of benzene rings is 1. The average Bonchev–Trinajstić information content (AvgIpc) is 2.87. The third kappa shape index (κ3) is 2.08. The molecule has 0 amide bonds. The number of nitrogens with zero attached hydrogens (tertiary/aromatic N) is 2. The first kappa shape index (κ1) is 14.8. The number of pyridine rings is 2. The Kier molecular flexibility index (Phi) is 3.13. The Hall–Kier alpha value is -2.82. The molecule has 0 aliphatic rings. The molecule has 0 saturated carbocycles. The van der Waals surface area contributed by atoms with Crippen molar-refractivity contribution in [1.82, 2.24) is 4.98 Å². The van der Waals surface area contributed by atoms with Crippen LogP contribution in [0.4, 0.5) is 8.78 Å². The number of furan rings is 1. The smallest absolute Gasteiger partial charge is 0.230 e. The third-order valence-electron chi connectivity index (χ3n) is 4.26. The van der Waals surface area contributed by atoms with Crippen LogP contribution in [0.2, 0.25) is 0 Å². The summed E-state index contributed by atoms with van der Waals surface area (Å²) >= 11 is 0. The second kappa shape index (κ2) is 5.09. The molecule has 3 nitrogen and oxygen atoms in total. The zero-order valence-corrected chi connectivity index (χ0v) is 13.5. The van der Waals surface area contributed by atoms with Gasteiger partial charge < -0.3 is 4.42 Å². The average molecular weight is 325 g/mol. The molecular formula is C19H15F2N2O+. The SMILES string of the molecule is Cc1ccc(-c2c(C)cc(F)c3c2oc2nc(F)ccc23)[n+](C)c1. The zero-order chi connectivity index (χ0) is 17.0. The van der Waals surface area contributed by atoms with E-state index in [1.165, 1.54) is 18.2 Å². The number of fused-ring (bicyclic) bond motifs is 3. The van der Waals surface area contributed by atoms with E-state index in [4.69, 9.17) is 4.42 Å². The minimum Gasteiger partial charge on any atom is -0.437 e. The first-order valence-electron chi connectivity index (χ1n) is 7.60. The Labute approximate surface area is 137 Å². The summed E-state index contributed by atoms with van der Waals surface area (Å²) in [6.07, 6.45) is 1.99. The molecule has 0 bridgehead atoms. The van der Waals surface area contributed by atoms with Gasteiger partial charge in [0.25, 0.3) is 0 Å². The molecule has 0 aliphatic carbocycles. The predicted molar refractivity (Wildman–Crippen MR) is 87.5 cm³/mol. The van der Waals surface area contributed by atoms with Crippen molar-refractivity contribution in [2.75, 3.05) is 0 Å². The summed E-state index contributed by atoms with van der Waals surface area (Å²) in [5.41, 5.74) is 4.03. The lowest BCUT2D eigenvalue weighted by atomic mass is 10.00. The highest BCUT2D eigenvalue weighted by Gasteiger charge is 2.23. The van der Waals surface area contributed by atoms with Gasteiger partial charge in [-0.05, 0) is 43.7 Å². The maximum atomic E-state index is 14.6. The van der Waals surface area contributed by atoms with E-state index in [-0.39, 0.29) is 5.71 Å². The van der Waals surface area contributed by atoms with Crippen LogP contribution in [0.1, 0.15) is 11.1 Å². The van der Waals surface area contributed by atoms with Gasteiger partial charge in [-0.2, -0.15) is 9.37 Å². The van der Waals surface area contributed by atoms with Gasteiger partial charge in [-0.1, -0.05) is 0 Å². The van der Waals surface area contributed by atoms with Gasteiger partial charge in [-0.3, -0.25) is 0 Å². The van der Waals surface area contributed by atoms with Crippen LogP contribution < -0.4 is 4.57 Å². The minimum atomic E-state index is -0.652. The normalized spacial score (nSPS) is 11.5. The molecule has 3 heterocycles. The summed E-state index contributed by atoms with van der Waals surface area (Å²) in [5, 5.41) is 0.804. The number of hydrogen-bond acceptors (Lipinski definition) is 2. The molecule has 5 heteroatoms. The maximum Gasteiger partial charge on any atom is 0.230 e. The van der Waals surface area contributed by atoms with E-state index in [0.29, 0.717) is 16.4 Å². The van der Waals surface area contributed by atoms with E-state index in [0.717, 1.165) is 22.4 Å². The zero-order valence-electron chi connectivity index (χ0n) is 13.5. The van der Waals surface area contributed by atoms with E-state index in [1.807, 2.05) is 43.8 Å². The van der Waals surface area contributed by atoms with Crippen molar-refractivity contribution in [2.24, 2.45) is 7.05 Å². The van der Waals surface area contributed by atoms with Crippen LogP contribution in [-0.4, -0.2) is 4.98 Å². The largest absolute Gasteiger partial charge is 0.437 e. The molecule has 24 heavy (non-hydrogen) atoms. The van der Waals surface area contributed by atoms with Gasteiger partial charge in [0.1, 0.15) is 12.9 Å². The fourth-order valence-corrected chi connectivity index (χ4v) is 3.21. The molecule has 0 atom stereocenters. The third-order valence-corrected chi connectivity index (χ3v) is 4.26. The van der Waals surface area contributed by atoms with E-state index in [9.17, 15) is 8.78 Å². The molecule has 0 saturated heterocycles. The molecule has 0 unspecified atom stereocenters. The molecule has 0 N–H and O–H groups in total. The molecule has 3 aromatic heterocycles. The molecular weight excluding hydrogens is 310 g/mol. The molecule has 0 fully saturated rings. The lowest BCUT2D eigenvalue weighted by molar-refractivity contribution is -0.660. The quantitative estimate of drug-likeness (QED) is 0.384. The minimum absolute atomic E-state index is 0.102. The molecule has 0 spiro atoms. The Morgan fingerprint density at radius 2 is 1.88 bits per heavy atom. The van der Waals surface area contributed by atoms with Crippen molar-refractivity contribution in [3.05, 3.63) is 59.4 Å². The Bertz CT molecular complexity index is 1120. The lowest BCUT2D eigenvalue weighted by Crippen LogP contribution is -2.31. The summed E-state index contributed by atoms with van der Waals surface area (Å²) in [4.78, 5) is 3.75. The monoisotopic (exact) mass is 325 g/mol. The lowest BCUT2D eigenvalue weighted by Gasteiger charge is -2.06. The second-order valence-electron chi connectivity index (χ2n) is 6.05. The fraction of sp³-hybridized carbons (Fsp3) is 0.158. The fourth-order valence-electron chi connectivity index (χ4n) is 3.21. The van der Waals surface area contributed by atoms with Crippen molar-refractivity contribution in [2.45, 2.75) is 13.8 Å². The van der Waals surface area contributed by atoms with Crippen LogP contribution in [0.25, 0.3) is 33.3 Å². The molecule has 120 valence electrons. The van der Waals surface area contributed by atoms with Crippen LogP contribution in [0.15, 0.2) is 40.9 Å². The van der Waals surface area contributed by atoms with Crippen molar-refractivity contribution in [3.8, 4) is 11.3 Å². The van der Waals surface area contributed by atoms with E-state index < -0.39 is 11.8 Å². The van der Waals surface area contributed by atoms with Gasteiger partial charge >= 0.3 is 0 Å². The molecule has 4 rings (SSSR count). The number of rotatable bonds is 1. The maximum absolute atomic E-state index is 14.6. The van der Waals surface area contributed by atoms with Crippen molar-refractivity contribution in [3.63, 3.8) is 0 Å². The molecule has 1 aromatic carbocycles. The van der Waals surface area contributed by atoms with E-state index >= 15 is 0 Å². The summed E-state index contributed by atoms with van der Waals surface area (Å²) < 4.78 is 35.7. The predicted octanol–water partition coefficient (Wildman–Crippen LogP) is 4.37.